The first-order valence-electron chi connectivity index (χ1n) is 6.91. The molecule has 0 fully saturated rings. The minimum absolute atomic E-state index is 0.0486. The number of ether oxygens (including phenoxy) is 1. The fourth-order valence-electron chi connectivity index (χ4n) is 2.07. The van der Waals surface area contributed by atoms with E-state index in [1.807, 2.05) is 6.92 Å². The molecule has 0 aliphatic rings. The van der Waals surface area contributed by atoms with Gasteiger partial charge in [-0.1, -0.05) is 17.7 Å². The maximum Gasteiger partial charge on any atom is 0.274 e. The van der Waals surface area contributed by atoms with Crippen molar-refractivity contribution in [2.45, 2.75) is 13.8 Å². The van der Waals surface area contributed by atoms with Crippen molar-refractivity contribution in [1.29, 1.82) is 0 Å². The summed E-state index contributed by atoms with van der Waals surface area (Å²) in [7, 11) is 0. The van der Waals surface area contributed by atoms with E-state index in [2.05, 4.69) is 5.32 Å². The van der Waals surface area contributed by atoms with Crippen molar-refractivity contribution in [2.75, 3.05) is 11.9 Å². The van der Waals surface area contributed by atoms with E-state index in [0.29, 0.717) is 34.2 Å². The van der Waals surface area contributed by atoms with E-state index in [1.165, 1.54) is 18.2 Å². The summed E-state index contributed by atoms with van der Waals surface area (Å²) in [4.78, 5) is 22.7. The Balaban J connectivity index is 2.24. The highest BCUT2D eigenvalue weighted by Gasteiger charge is 2.16. The Morgan fingerprint density at radius 2 is 2.09 bits per heavy atom. The van der Waals surface area contributed by atoms with E-state index < -0.39 is 10.8 Å². The molecule has 2 rings (SSSR count). The van der Waals surface area contributed by atoms with Crippen LogP contribution in [-0.4, -0.2) is 17.4 Å². The Bertz CT molecular complexity index is 762. The Kier molecular flexibility index (Phi) is 5.18. The predicted octanol–water partition coefficient (Wildman–Crippen LogP) is 4.21. The van der Waals surface area contributed by atoms with Gasteiger partial charge in [0.1, 0.15) is 5.75 Å². The van der Waals surface area contributed by atoms with Gasteiger partial charge < -0.3 is 10.1 Å². The minimum Gasteiger partial charge on any atom is -0.492 e. The number of nitrogens with zero attached hydrogens (tertiary/aromatic N) is 1. The summed E-state index contributed by atoms with van der Waals surface area (Å²) in [6, 6.07) is 9.20. The first-order valence-corrected chi connectivity index (χ1v) is 7.29. The highest BCUT2D eigenvalue weighted by molar-refractivity contribution is 6.32. The zero-order valence-corrected chi connectivity index (χ0v) is 13.4. The standard InChI is InChI=1S/C16H15ClN2O4/c1-3-23-15-8-7-11(9-12(15)17)16(20)18-13-5-4-6-14(10(13)2)19(21)22/h4-9H,3H2,1-2H3,(H,18,20). The molecule has 0 aromatic heterocycles. The van der Waals surface area contributed by atoms with Crippen molar-refractivity contribution in [3.63, 3.8) is 0 Å². The van der Waals surface area contributed by atoms with Gasteiger partial charge in [0.2, 0.25) is 0 Å². The van der Waals surface area contributed by atoms with Crippen LogP contribution in [0.5, 0.6) is 5.75 Å². The van der Waals surface area contributed by atoms with E-state index in [4.69, 9.17) is 16.3 Å². The summed E-state index contributed by atoms with van der Waals surface area (Å²) in [5, 5.41) is 13.9. The van der Waals surface area contributed by atoms with Crippen molar-refractivity contribution in [3.8, 4) is 5.75 Å². The number of halogens is 1. The molecular weight excluding hydrogens is 320 g/mol. The fourth-order valence-corrected chi connectivity index (χ4v) is 2.30. The van der Waals surface area contributed by atoms with E-state index in [-0.39, 0.29) is 5.69 Å². The highest BCUT2D eigenvalue weighted by Crippen LogP contribution is 2.28. The summed E-state index contributed by atoms with van der Waals surface area (Å²) >= 11 is 6.06. The van der Waals surface area contributed by atoms with Crippen LogP contribution in [0.15, 0.2) is 36.4 Å². The van der Waals surface area contributed by atoms with Crippen molar-refractivity contribution in [1.82, 2.24) is 0 Å². The van der Waals surface area contributed by atoms with Gasteiger partial charge in [0.25, 0.3) is 11.6 Å². The fraction of sp³-hybridized carbons (Fsp3) is 0.188. The van der Waals surface area contributed by atoms with Gasteiger partial charge in [-0.3, -0.25) is 14.9 Å². The van der Waals surface area contributed by atoms with Crippen molar-refractivity contribution < 1.29 is 14.5 Å². The summed E-state index contributed by atoms with van der Waals surface area (Å²) in [5.41, 5.74) is 1.06. The topological polar surface area (TPSA) is 81.5 Å². The van der Waals surface area contributed by atoms with Crippen molar-refractivity contribution >= 4 is 28.9 Å². The highest BCUT2D eigenvalue weighted by atomic mass is 35.5. The lowest BCUT2D eigenvalue weighted by Gasteiger charge is -2.10. The quantitative estimate of drug-likeness (QED) is 0.656. The second kappa shape index (κ2) is 7.11. The van der Waals surface area contributed by atoms with Gasteiger partial charge in [-0.25, -0.2) is 0 Å². The molecule has 120 valence electrons. The predicted molar refractivity (Wildman–Crippen MR) is 88.4 cm³/mol. The molecule has 7 heteroatoms. The van der Waals surface area contributed by atoms with Crippen molar-refractivity contribution in [3.05, 3.63) is 62.7 Å². The number of carbonyl (C=O) groups is 1. The molecule has 0 saturated carbocycles. The Hall–Kier alpha value is -2.60. The number of nitro benzene ring substituents is 1. The molecule has 0 saturated heterocycles. The molecule has 1 N–H and O–H groups in total. The minimum atomic E-state index is -0.487. The molecule has 0 aliphatic heterocycles. The van der Waals surface area contributed by atoms with Gasteiger partial charge in [0, 0.05) is 11.6 Å². The van der Waals surface area contributed by atoms with Gasteiger partial charge in [-0.2, -0.15) is 0 Å². The number of hydrogen-bond donors (Lipinski definition) is 1. The van der Waals surface area contributed by atoms with E-state index in [9.17, 15) is 14.9 Å². The van der Waals surface area contributed by atoms with Gasteiger partial charge in [-0.15, -0.1) is 0 Å². The van der Waals surface area contributed by atoms with Crippen LogP contribution in [0.25, 0.3) is 0 Å². The van der Waals surface area contributed by atoms with Crippen LogP contribution in [0, 0.1) is 17.0 Å². The van der Waals surface area contributed by atoms with Gasteiger partial charge >= 0.3 is 0 Å². The molecular formula is C16H15ClN2O4. The molecule has 0 bridgehead atoms. The second-order valence-corrected chi connectivity index (χ2v) is 5.15. The molecule has 23 heavy (non-hydrogen) atoms. The lowest BCUT2D eigenvalue weighted by molar-refractivity contribution is -0.385. The normalized spacial score (nSPS) is 10.2. The number of amides is 1. The van der Waals surface area contributed by atoms with Crippen LogP contribution in [0.4, 0.5) is 11.4 Å². The number of hydrogen-bond acceptors (Lipinski definition) is 4. The summed E-state index contributed by atoms with van der Waals surface area (Å²) in [6.45, 7) is 3.89. The van der Waals surface area contributed by atoms with Gasteiger partial charge in [0.05, 0.1) is 27.8 Å². The molecule has 0 atom stereocenters. The zero-order chi connectivity index (χ0) is 17.0. The summed E-state index contributed by atoms with van der Waals surface area (Å²) in [6.07, 6.45) is 0. The summed E-state index contributed by atoms with van der Waals surface area (Å²) < 4.78 is 5.31. The lowest BCUT2D eigenvalue weighted by atomic mass is 10.1. The zero-order valence-electron chi connectivity index (χ0n) is 12.6. The molecule has 0 unspecified atom stereocenters. The molecule has 0 heterocycles. The molecule has 1 amide bonds. The molecule has 6 nitrogen and oxygen atoms in total. The van der Waals surface area contributed by atoms with E-state index in [1.54, 1.807) is 25.1 Å². The van der Waals surface area contributed by atoms with Gasteiger partial charge in [-0.05, 0) is 38.1 Å². The number of rotatable bonds is 5. The van der Waals surface area contributed by atoms with E-state index >= 15 is 0 Å². The number of nitro groups is 1. The third kappa shape index (κ3) is 3.78. The number of nitrogens with one attached hydrogen (secondary N) is 1. The summed E-state index contributed by atoms with van der Waals surface area (Å²) in [5.74, 6) is 0.0933. The Morgan fingerprint density at radius 1 is 1.35 bits per heavy atom. The van der Waals surface area contributed by atoms with Crippen LogP contribution in [0.1, 0.15) is 22.8 Å². The maximum atomic E-state index is 12.3. The average Bonchev–Trinajstić information content (AvgIpc) is 2.51. The van der Waals surface area contributed by atoms with E-state index in [0.717, 1.165) is 0 Å². The number of anilines is 1. The third-order valence-corrected chi connectivity index (χ3v) is 3.54. The first kappa shape index (κ1) is 16.8. The second-order valence-electron chi connectivity index (χ2n) is 4.74. The third-order valence-electron chi connectivity index (χ3n) is 3.24. The monoisotopic (exact) mass is 334 g/mol. The smallest absolute Gasteiger partial charge is 0.274 e. The molecule has 2 aromatic rings. The van der Waals surface area contributed by atoms with Gasteiger partial charge in [0.15, 0.2) is 0 Å². The first-order chi connectivity index (χ1) is 10.9. The number of benzene rings is 2. The average molecular weight is 335 g/mol. The van der Waals surface area contributed by atoms with Crippen LogP contribution < -0.4 is 10.1 Å². The largest absolute Gasteiger partial charge is 0.492 e. The van der Waals surface area contributed by atoms with Crippen LogP contribution >= 0.6 is 11.6 Å². The number of carbonyl (C=O) groups excluding carboxylic acids is 1. The van der Waals surface area contributed by atoms with Crippen molar-refractivity contribution in [2.24, 2.45) is 0 Å². The van der Waals surface area contributed by atoms with Crippen LogP contribution in [0.3, 0.4) is 0 Å². The Morgan fingerprint density at radius 3 is 2.70 bits per heavy atom. The van der Waals surface area contributed by atoms with Crippen LogP contribution in [-0.2, 0) is 0 Å². The maximum absolute atomic E-state index is 12.3. The Labute approximate surface area is 138 Å². The molecule has 0 spiro atoms. The lowest BCUT2D eigenvalue weighted by Crippen LogP contribution is -2.13. The SMILES string of the molecule is CCOc1ccc(C(=O)Nc2cccc([N+](=O)[O-])c2C)cc1Cl. The molecule has 0 aliphatic carbocycles. The molecule has 0 radical (unpaired) electrons. The molecule has 2 aromatic carbocycles. The van der Waals surface area contributed by atoms with Crippen LogP contribution in [0.2, 0.25) is 5.02 Å².